The Bertz CT molecular complexity index is 618. The van der Waals surface area contributed by atoms with Crippen LogP contribution in [-0.2, 0) is 11.3 Å². The van der Waals surface area contributed by atoms with Gasteiger partial charge in [0.05, 0.1) is 13.2 Å². The summed E-state index contributed by atoms with van der Waals surface area (Å²) < 4.78 is 11.3. The fourth-order valence-corrected chi connectivity index (χ4v) is 4.76. The molecule has 1 saturated heterocycles. The van der Waals surface area contributed by atoms with Crippen molar-refractivity contribution < 1.29 is 14.6 Å². The molecule has 1 aliphatic carbocycles. The van der Waals surface area contributed by atoms with E-state index in [0.717, 1.165) is 51.7 Å². The predicted molar refractivity (Wildman–Crippen MR) is 126 cm³/mol. The molecule has 1 heterocycles. The topological polar surface area (TPSA) is 48.4 Å². The second-order valence-corrected chi connectivity index (χ2v) is 9.39. The third-order valence-electron chi connectivity index (χ3n) is 6.61. The first kappa shape index (κ1) is 24.5. The second kappa shape index (κ2) is 13.4. The Labute approximate surface area is 189 Å². The van der Waals surface area contributed by atoms with Gasteiger partial charge < -0.3 is 24.4 Å². The van der Waals surface area contributed by atoms with E-state index in [1.165, 1.54) is 44.1 Å². The van der Waals surface area contributed by atoms with Crippen molar-refractivity contribution in [3.63, 3.8) is 0 Å². The van der Waals surface area contributed by atoms with Gasteiger partial charge in [-0.2, -0.15) is 0 Å². The van der Waals surface area contributed by atoms with Crippen molar-refractivity contribution in [2.24, 2.45) is 0 Å². The Morgan fingerprint density at radius 2 is 1.94 bits per heavy atom. The standard InChI is InChI=1S/C25H43N3O3/c1-26(12-7-13-28-14-16-30-17-15-28)19-22-8-6-11-25(18-22)31-21-24(29)20-27(2)23-9-4-3-5-10-23/h6,8,11,18,23-24,29H,3-5,7,9-10,12-17,19-21H2,1-2H3. The van der Waals surface area contributed by atoms with Crippen LogP contribution in [0.5, 0.6) is 5.75 Å². The Morgan fingerprint density at radius 3 is 2.71 bits per heavy atom. The van der Waals surface area contributed by atoms with Crippen molar-refractivity contribution in [1.29, 1.82) is 0 Å². The lowest BCUT2D eigenvalue weighted by atomic mass is 9.94. The summed E-state index contributed by atoms with van der Waals surface area (Å²) in [6.45, 7) is 8.01. The second-order valence-electron chi connectivity index (χ2n) is 9.39. The number of likely N-dealkylation sites (N-methyl/N-ethyl adjacent to an activating group) is 1. The summed E-state index contributed by atoms with van der Waals surface area (Å²) in [6, 6.07) is 8.91. The number of ether oxygens (including phenoxy) is 2. The van der Waals surface area contributed by atoms with Gasteiger partial charge in [0.2, 0.25) is 0 Å². The summed E-state index contributed by atoms with van der Waals surface area (Å²) in [7, 11) is 4.31. The van der Waals surface area contributed by atoms with Crippen LogP contribution in [0.2, 0.25) is 0 Å². The Morgan fingerprint density at radius 1 is 1.16 bits per heavy atom. The van der Waals surface area contributed by atoms with Gasteiger partial charge in [0.1, 0.15) is 18.5 Å². The van der Waals surface area contributed by atoms with Gasteiger partial charge in [-0.1, -0.05) is 31.4 Å². The van der Waals surface area contributed by atoms with Gasteiger partial charge in [-0.15, -0.1) is 0 Å². The van der Waals surface area contributed by atoms with Crippen LogP contribution in [0.3, 0.4) is 0 Å². The van der Waals surface area contributed by atoms with Crippen LogP contribution in [0.1, 0.15) is 44.1 Å². The molecular formula is C25H43N3O3. The third kappa shape index (κ3) is 9.07. The molecule has 1 aliphatic heterocycles. The maximum absolute atomic E-state index is 10.4. The molecule has 31 heavy (non-hydrogen) atoms. The predicted octanol–water partition coefficient (Wildman–Crippen LogP) is 2.84. The fourth-order valence-electron chi connectivity index (χ4n) is 4.76. The van der Waals surface area contributed by atoms with Gasteiger partial charge in [-0.05, 0) is 64.1 Å². The maximum Gasteiger partial charge on any atom is 0.119 e. The lowest BCUT2D eigenvalue weighted by Crippen LogP contribution is -2.40. The minimum absolute atomic E-state index is 0.343. The molecule has 1 saturated carbocycles. The van der Waals surface area contributed by atoms with Crippen LogP contribution in [0.4, 0.5) is 0 Å². The van der Waals surface area contributed by atoms with E-state index in [9.17, 15) is 5.11 Å². The summed E-state index contributed by atoms with van der Waals surface area (Å²) in [4.78, 5) is 7.17. The molecule has 1 N–H and O–H groups in total. The lowest BCUT2D eigenvalue weighted by molar-refractivity contribution is 0.0363. The van der Waals surface area contributed by atoms with Crippen molar-refractivity contribution in [2.45, 2.75) is 57.2 Å². The van der Waals surface area contributed by atoms with Gasteiger partial charge in [-0.3, -0.25) is 4.90 Å². The number of benzene rings is 1. The minimum atomic E-state index is -0.460. The SMILES string of the molecule is CN(CCCN1CCOCC1)Cc1cccc(OCC(O)CN(C)C2CCCCC2)c1. The number of rotatable bonds is 12. The van der Waals surface area contributed by atoms with Crippen LogP contribution in [0, 0.1) is 0 Å². The monoisotopic (exact) mass is 433 g/mol. The molecule has 6 heteroatoms. The largest absolute Gasteiger partial charge is 0.491 e. The number of hydrogen-bond acceptors (Lipinski definition) is 6. The number of aliphatic hydroxyl groups excluding tert-OH is 1. The molecule has 1 aromatic rings. The number of hydrogen-bond donors (Lipinski definition) is 1. The van der Waals surface area contributed by atoms with Crippen molar-refractivity contribution in [3.05, 3.63) is 29.8 Å². The molecule has 176 valence electrons. The molecule has 2 aliphatic rings. The smallest absolute Gasteiger partial charge is 0.119 e. The molecule has 6 nitrogen and oxygen atoms in total. The fraction of sp³-hybridized carbons (Fsp3) is 0.760. The molecule has 2 fully saturated rings. The summed E-state index contributed by atoms with van der Waals surface area (Å²) in [5, 5.41) is 10.4. The number of morpholine rings is 1. The first-order valence-corrected chi connectivity index (χ1v) is 12.2. The van der Waals surface area contributed by atoms with Gasteiger partial charge in [0, 0.05) is 32.2 Å². The first-order valence-electron chi connectivity index (χ1n) is 12.2. The zero-order chi connectivity index (χ0) is 21.9. The van der Waals surface area contributed by atoms with Gasteiger partial charge >= 0.3 is 0 Å². The quantitative estimate of drug-likeness (QED) is 0.547. The zero-order valence-electron chi connectivity index (χ0n) is 19.7. The van der Waals surface area contributed by atoms with E-state index in [0.29, 0.717) is 19.2 Å². The van der Waals surface area contributed by atoms with Crippen LogP contribution < -0.4 is 4.74 Å². The van der Waals surface area contributed by atoms with Gasteiger partial charge in [0.25, 0.3) is 0 Å². The molecule has 0 spiro atoms. The zero-order valence-corrected chi connectivity index (χ0v) is 19.7. The number of nitrogens with zero attached hydrogens (tertiary/aromatic N) is 3. The maximum atomic E-state index is 10.4. The van der Waals surface area contributed by atoms with E-state index in [4.69, 9.17) is 9.47 Å². The Balaban J connectivity index is 1.34. The Hall–Kier alpha value is -1.18. The van der Waals surface area contributed by atoms with Gasteiger partial charge in [0.15, 0.2) is 0 Å². The van der Waals surface area contributed by atoms with Crippen molar-refractivity contribution in [1.82, 2.24) is 14.7 Å². The summed E-state index contributed by atoms with van der Waals surface area (Å²) in [5.41, 5.74) is 1.25. The van der Waals surface area contributed by atoms with Crippen molar-refractivity contribution in [3.8, 4) is 5.75 Å². The molecule has 1 unspecified atom stereocenters. The van der Waals surface area contributed by atoms with Crippen LogP contribution >= 0.6 is 0 Å². The van der Waals surface area contributed by atoms with Crippen LogP contribution in [0.15, 0.2) is 24.3 Å². The van der Waals surface area contributed by atoms with Crippen molar-refractivity contribution >= 4 is 0 Å². The molecule has 1 aromatic carbocycles. The summed E-state index contributed by atoms with van der Waals surface area (Å²) in [6.07, 6.45) is 7.21. The normalized spacial score (nSPS) is 19.8. The summed E-state index contributed by atoms with van der Waals surface area (Å²) in [5.74, 6) is 0.846. The van der Waals surface area contributed by atoms with E-state index in [1.807, 2.05) is 12.1 Å². The highest BCUT2D eigenvalue weighted by Gasteiger charge is 2.20. The van der Waals surface area contributed by atoms with E-state index < -0.39 is 6.10 Å². The molecule has 0 bridgehead atoms. The highest BCUT2D eigenvalue weighted by molar-refractivity contribution is 5.28. The number of aliphatic hydroxyl groups is 1. The summed E-state index contributed by atoms with van der Waals surface area (Å²) >= 11 is 0. The van der Waals surface area contributed by atoms with E-state index in [-0.39, 0.29) is 0 Å². The van der Waals surface area contributed by atoms with E-state index in [1.54, 1.807) is 0 Å². The molecule has 1 atom stereocenters. The average molecular weight is 434 g/mol. The lowest BCUT2D eigenvalue weighted by Gasteiger charge is -2.32. The van der Waals surface area contributed by atoms with E-state index in [2.05, 4.69) is 40.9 Å². The van der Waals surface area contributed by atoms with Gasteiger partial charge in [-0.25, -0.2) is 0 Å². The van der Waals surface area contributed by atoms with Crippen LogP contribution in [0.25, 0.3) is 0 Å². The average Bonchev–Trinajstić information content (AvgIpc) is 2.79. The molecule has 3 rings (SSSR count). The molecule has 0 amide bonds. The molecule has 0 radical (unpaired) electrons. The molecule has 0 aromatic heterocycles. The highest BCUT2D eigenvalue weighted by atomic mass is 16.5. The highest BCUT2D eigenvalue weighted by Crippen LogP contribution is 2.22. The Kier molecular flexibility index (Phi) is 10.6. The minimum Gasteiger partial charge on any atom is -0.491 e. The van der Waals surface area contributed by atoms with Crippen molar-refractivity contribution in [2.75, 3.05) is 66.6 Å². The van der Waals surface area contributed by atoms with E-state index >= 15 is 0 Å². The van der Waals surface area contributed by atoms with Crippen LogP contribution in [-0.4, -0.2) is 98.6 Å². The first-order chi connectivity index (χ1) is 15.1. The molecular weight excluding hydrogens is 390 g/mol. The third-order valence-corrected chi connectivity index (χ3v) is 6.61.